The van der Waals surface area contributed by atoms with Crippen molar-refractivity contribution in [2.45, 2.75) is 18.8 Å². The maximum Gasteiger partial charge on any atom is 0.341 e. The van der Waals surface area contributed by atoms with E-state index < -0.39 is 12.6 Å². The normalized spacial score (nSPS) is 16.9. The largest absolute Gasteiger partial charge is 0.482 e. The van der Waals surface area contributed by atoms with Crippen molar-refractivity contribution in [1.82, 2.24) is 14.9 Å². The number of anilines is 1. The second kappa shape index (κ2) is 7.81. The number of nitrogens with two attached hydrogens (primary N) is 1. The number of likely N-dealkylation sites (tertiary alicyclic amines) is 1. The summed E-state index contributed by atoms with van der Waals surface area (Å²) in [4.78, 5) is 33.3. The van der Waals surface area contributed by atoms with Crippen LogP contribution in [0.1, 0.15) is 34.8 Å². The van der Waals surface area contributed by atoms with Crippen LogP contribution < -0.4 is 10.5 Å². The molecule has 1 unspecified atom stereocenters. The van der Waals surface area contributed by atoms with Gasteiger partial charge in [-0.2, -0.15) is 0 Å². The van der Waals surface area contributed by atoms with E-state index >= 15 is 0 Å². The van der Waals surface area contributed by atoms with Crippen LogP contribution in [-0.2, 0) is 4.79 Å². The van der Waals surface area contributed by atoms with Gasteiger partial charge in [0.2, 0.25) is 5.95 Å². The number of carboxylic acid groups (broad SMARTS) is 1. The molecule has 1 aromatic carbocycles. The molecule has 26 heavy (non-hydrogen) atoms. The number of amides is 1. The molecule has 1 fully saturated rings. The van der Waals surface area contributed by atoms with Crippen molar-refractivity contribution in [2.24, 2.45) is 0 Å². The second-order valence-electron chi connectivity index (χ2n) is 6.14. The van der Waals surface area contributed by atoms with E-state index in [-0.39, 0.29) is 17.8 Å². The second-order valence-corrected chi connectivity index (χ2v) is 6.14. The number of hydrogen-bond acceptors (Lipinski definition) is 6. The minimum Gasteiger partial charge on any atom is -0.482 e. The fourth-order valence-corrected chi connectivity index (χ4v) is 3.04. The number of piperidine rings is 1. The van der Waals surface area contributed by atoms with E-state index in [1.807, 2.05) is 6.07 Å². The zero-order valence-electron chi connectivity index (χ0n) is 14.2. The molecule has 1 amide bonds. The van der Waals surface area contributed by atoms with Crippen molar-refractivity contribution in [1.29, 1.82) is 0 Å². The van der Waals surface area contributed by atoms with E-state index in [1.54, 1.807) is 35.4 Å². The standard InChI is InChI=1S/C18H20N4O4/c19-18-20-8-7-15(21-18)13-2-1-9-22(10-13)17(25)12-3-5-14(6-4-12)26-11-16(23)24/h3-8,13H,1-2,9-11H2,(H,23,24)(H2,19,20,21). The summed E-state index contributed by atoms with van der Waals surface area (Å²) in [5.41, 5.74) is 7.05. The molecule has 8 heteroatoms. The maximum atomic E-state index is 12.8. The van der Waals surface area contributed by atoms with Crippen LogP contribution >= 0.6 is 0 Å². The molecule has 1 saturated heterocycles. The van der Waals surface area contributed by atoms with Gasteiger partial charge in [0.15, 0.2) is 6.61 Å². The molecule has 2 heterocycles. The third-order valence-corrected chi connectivity index (χ3v) is 4.29. The Labute approximate surface area is 150 Å². The molecule has 136 valence electrons. The van der Waals surface area contributed by atoms with Crippen LogP contribution in [0.3, 0.4) is 0 Å². The van der Waals surface area contributed by atoms with Gasteiger partial charge >= 0.3 is 5.97 Å². The maximum absolute atomic E-state index is 12.8. The van der Waals surface area contributed by atoms with E-state index in [1.165, 1.54) is 0 Å². The van der Waals surface area contributed by atoms with Crippen molar-refractivity contribution in [3.05, 3.63) is 47.8 Å². The number of carbonyl (C=O) groups excluding carboxylic acids is 1. The summed E-state index contributed by atoms with van der Waals surface area (Å²) in [7, 11) is 0. The molecule has 1 aromatic heterocycles. The molecule has 0 radical (unpaired) electrons. The predicted octanol–water partition coefficient (Wildman–Crippen LogP) is 1.54. The molecule has 8 nitrogen and oxygen atoms in total. The quantitative estimate of drug-likeness (QED) is 0.834. The molecule has 1 aliphatic rings. The zero-order valence-corrected chi connectivity index (χ0v) is 14.2. The summed E-state index contributed by atoms with van der Waals surface area (Å²) < 4.78 is 5.08. The highest BCUT2D eigenvalue weighted by atomic mass is 16.5. The van der Waals surface area contributed by atoms with Gasteiger partial charge in [0.1, 0.15) is 5.75 Å². The van der Waals surface area contributed by atoms with Crippen molar-refractivity contribution >= 4 is 17.8 Å². The molecule has 1 atom stereocenters. The average molecular weight is 356 g/mol. The van der Waals surface area contributed by atoms with E-state index in [0.717, 1.165) is 18.5 Å². The molecule has 2 aromatic rings. The molecule has 0 spiro atoms. The minimum atomic E-state index is -1.05. The third kappa shape index (κ3) is 4.27. The molecule has 0 saturated carbocycles. The third-order valence-electron chi connectivity index (χ3n) is 4.29. The Hall–Kier alpha value is -3.16. The molecular formula is C18H20N4O4. The first-order valence-corrected chi connectivity index (χ1v) is 8.35. The van der Waals surface area contributed by atoms with Crippen LogP contribution in [-0.4, -0.2) is 51.5 Å². The van der Waals surface area contributed by atoms with Gasteiger partial charge < -0.3 is 20.5 Å². The molecule has 3 rings (SSSR count). The van der Waals surface area contributed by atoms with Crippen LogP contribution in [0.5, 0.6) is 5.75 Å². The first-order valence-electron chi connectivity index (χ1n) is 8.35. The van der Waals surface area contributed by atoms with Crippen molar-refractivity contribution in [3.8, 4) is 5.75 Å². The van der Waals surface area contributed by atoms with Crippen molar-refractivity contribution in [2.75, 3.05) is 25.4 Å². The highest BCUT2D eigenvalue weighted by Crippen LogP contribution is 2.27. The molecule has 0 bridgehead atoms. The Morgan fingerprint density at radius 1 is 1.27 bits per heavy atom. The van der Waals surface area contributed by atoms with Gasteiger partial charge in [-0.15, -0.1) is 0 Å². The number of benzene rings is 1. The Morgan fingerprint density at radius 2 is 2.04 bits per heavy atom. The molecule has 3 N–H and O–H groups in total. The molecule has 1 aliphatic heterocycles. The van der Waals surface area contributed by atoms with E-state index in [0.29, 0.717) is 24.4 Å². The Kier molecular flexibility index (Phi) is 5.31. The van der Waals surface area contributed by atoms with E-state index in [9.17, 15) is 9.59 Å². The lowest BCUT2D eigenvalue weighted by Crippen LogP contribution is -2.39. The Bertz CT molecular complexity index is 794. The van der Waals surface area contributed by atoms with Gasteiger partial charge in [0.05, 0.1) is 5.69 Å². The minimum absolute atomic E-state index is 0.0680. The van der Waals surface area contributed by atoms with Crippen LogP contribution in [0.4, 0.5) is 5.95 Å². The van der Waals surface area contributed by atoms with Crippen LogP contribution in [0.15, 0.2) is 36.5 Å². The number of nitrogens with zero attached hydrogens (tertiary/aromatic N) is 3. The fourth-order valence-electron chi connectivity index (χ4n) is 3.04. The smallest absolute Gasteiger partial charge is 0.341 e. The molecular weight excluding hydrogens is 336 g/mol. The lowest BCUT2D eigenvalue weighted by molar-refractivity contribution is -0.139. The Balaban J connectivity index is 1.66. The van der Waals surface area contributed by atoms with Crippen molar-refractivity contribution < 1.29 is 19.4 Å². The zero-order chi connectivity index (χ0) is 18.5. The summed E-state index contributed by atoms with van der Waals surface area (Å²) in [5.74, 6) is -0.326. The van der Waals surface area contributed by atoms with Gasteiger partial charge in [0, 0.05) is 30.8 Å². The van der Waals surface area contributed by atoms with Crippen LogP contribution in [0.25, 0.3) is 0 Å². The first-order chi connectivity index (χ1) is 12.5. The summed E-state index contributed by atoms with van der Waals surface area (Å²) in [6, 6.07) is 8.33. The van der Waals surface area contributed by atoms with Gasteiger partial charge in [-0.05, 0) is 43.2 Å². The van der Waals surface area contributed by atoms with Crippen LogP contribution in [0.2, 0.25) is 0 Å². The summed E-state index contributed by atoms with van der Waals surface area (Å²) in [6.07, 6.45) is 3.47. The number of carbonyl (C=O) groups is 2. The Morgan fingerprint density at radius 3 is 2.73 bits per heavy atom. The fraction of sp³-hybridized carbons (Fsp3) is 0.333. The average Bonchev–Trinajstić information content (AvgIpc) is 2.66. The van der Waals surface area contributed by atoms with Gasteiger partial charge in [-0.1, -0.05) is 0 Å². The lowest BCUT2D eigenvalue weighted by Gasteiger charge is -2.32. The first kappa shape index (κ1) is 17.7. The number of nitrogen functional groups attached to an aromatic ring is 1. The topological polar surface area (TPSA) is 119 Å². The monoisotopic (exact) mass is 356 g/mol. The van der Waals surface area contributed by atoms with Gasteiger partial charge in [-0.3, -0.25) is 4.79 Å². The number of aromatic nitrogens is 2. The molecule has 0 aliphatic carbocycles. The highest BCUT2D eigenvalue weighted by molar-refractivity contribution is 5.94. The lowest BCUT2D eigenvalue weighted by atomic mass is 9.94. The summed E-state index contributed by atoms with van der Waals surface area (Å²) in [6.45, 7) is 0.850. The summed E-state index contributed by atoms with van der Waals surface area (Å²) in [5, 5.41) is 8.62. The number of rotatable bonds is 5. The number of aliphatic carboxylic acids is 1. The highest BCUT2D eigenvalue weighted by Gasteiger charge is 2.26. The number of hydrogen-bond donors (Lipinski definition) is 2. The SMILES string of the molecule is Nc1nccc(C2CCCN(C(=O)c3ccc(OCC(=O)O)cc3)C2)n1. The van der Waals surface area contributed by atoms with E-state index in [4.69, 9.17) is 15.6 Å². The van der Waals surface area contributed by atoms with Gasteiger partial charge in [0.25, 0.3) is 5.91 Å². The number of ether oxygens (including phenoxy) is 1. The summed E-state index contributed by atoms with van der Waals surface area (Å²) >= 11 is 0. The van der Waals surface area contributed by atoms with E-state index in [2.05, 4.69) is 9.97 Å². The van der Waals surface area contributed by atoms with Gasteiger partial charge in [-0.25, -0.2) is 14.8 Å². The predicted molar refractivity (Wildman–Crippen MR) is 93.9 cm³/mol. The van der Waals surface area contributed by atoms with Crippen molar-refractivity contribution in [3.63, 3.8) is 0 Å². The number of carboxylic acids is 1. The van der Waals surface area contributed by atoms with Crippen LogP contribution in [0, 0.1) is 0 Å².